The molecule has 1 atom stereocenters. The zero-order valence-electron chi connectivity index (χ0n) is 12.5. The number of rotatable bonds is 3. The Hall–Kier alpha value is -1.23. The zero-order chi connectivity index (χ0) is 14.1. The van der Waals surface area contributed by atoms with Crippen molar-refractivity contribution in [2.24, 2.45) is 0 Å². The molecule has 1 aromatic heterocycles. The molecular weight excluding hydrogens is 306 g/mol. The van der Waals surface area contributed by atoms with E-state index in [1.165, 1.54) is 16.0 Å². The van der Waals surface area contributed by atoms with Crippen molar-refractivity contribution in [1.82, 2.24) is 4.90 Å². The fourth-order valence-electron chi connectivity index (χ4n) is 2.86. The maximum absolute atomic E-state index is 5.43. The summed E-state index contributed by atoms with van der Waals surface area (Å²) < 4.78 is 10.7. The second kappa shape index (κ2) is 6.69. The molecule has 3 rings (SSSR count). The van der Waals surface area contributed by atoms with Crippen molar-refractivity contribution in [2.45, 2.75) is 12.5 Å². The van der Waals surface area contributed by atoms with E-state index in [1.807, 2.05) is 17.4 Å². The highest BCUT2D eigenvalue weighted by molar-refractivity contribution is 7.10. The molecular formula is C16H20ClNO2S. The summed E-state index contributed by atoms with van der Waals surface area (Å²) in [5, 5.41) is 2.19. The third-order valence-electron chi connectivity index (χ3n) is 3.87. The second-order valence-electron chi connectivity index (χ2n) is 5.16. The molecule has 0 saturated carbocycles. The summed E-state index contributed by atoms with van der Waals surface area (Å²) in [5.74, 6) is 2.00. The summed E-state index contributed by atoms with van der Waals surface area (Å²) in [6.07, 6.45) is 0. The molecule has 0 aliphatic carbocycles. The summed E-state index contributed by atoms with van der Waals surface area (Å²) in [4.78, 5) is 3.85. The first-order valence-corrected chi connectivity index (χ1v) is 7.57. The SMILES string of the molecule is COc1ccc(C2CN(C)Cc3sccc32)cc1OC.Cl. The van der Waals surface area contributed by atoms with Crippen LogP contribution in [0.1, 0.15) is 21.9 Å². The van der Waals surface area contributed by atoms with Crippen molar-refractivity contribution < 1.29 is 9.47 Å². The number of hydrogen-bond donors (Lipinski definition) is 0. The minimum Gasteiger partial charge on any atom is -0.493 e. The molecule has 0 bridgehead atoms. The molecule has 1 aromatic carbocycles. The summed E-state index contributed by atoms with van der Waals surface area (Å²) >= 11 is 1.85. The maximum Gasteiger partial charge on any atom is 0.161 e. The molecule has 0 radical (unpaired) electrons. The number of methoxy groups -OCH3 is 2. The van der Waals surface area contributed by atoms with E-state index in [0.717, 1.165) is 24.6 Å². The van der Waals surface area contributed by atoms with Crippen LogP contribution >= 0.6 is 23.7 Å². The highest BCUT2D eigenvalue weighted by atomic mass is 35.5. The lowest BCUT2D eigenvalue weighted by Crippen LogP contribution is -2.29. The lowest BCUT2D eigenvalue weighted by Gasteiger charge is -2.30. The summed E-state index contributed by atoms with van der Waals surface area (Å²) in [6.45, 7) is 2.09. The van der Waals surface area contributed by atoms with E-state index in [2.05, 4.69) is 35.5 Å². The van der Waals surface area contributed by atoms with Crippen molar-refractivity contribution in [1.29, 1.82) is 0 Å². The third-order valence-corrected chi connectivity index (χ3v) is 4.79. The lowest BCUT2D eigenvalue weighted by molar-refractivity contribution is 0.298. The molecule has 1 aliphatic rings. The highest BCUT2D eigenvalue weighted by Gasteiger charge is 2.26. The zero-order valence-corrected chi connectivity index (χ0v) is 14.1. The van der Waals surface area contributed by atoms with E-state index in [-0.39, 0.29) is 12.4 Å². The molecule has 0 amide bonds. The van der Waals surface area contributed by atoms with Gasteiger partial charge in [-0.1, -0.05) is 6.07 Å². The Morgan fingerprint density at radius 1 is 1.14 bits per heavy atom. The Bertz CT molecular complexity index is 614. The monoisotopic (exact) mass is 325 g/mol. The summed E-state index contributed by atoms with van der Waals surface area (Å²) in [5.41, 5.74) is 2.74. The van der Waals surface area contributed by atoms with Crippen molar-refractivity contribution >= 4 is 23.7 Å². The van der Waals surface area contributed by atoms with Gasteiger partial charge in [-0.3, -0.25) is 0 Å². The van der Waals surface area contributed by atoms with Crippen LogP contribution in [0.5, 0.6) is 11.5 Å². The van der Waals surface area contributed by atoms with Gasteiger partial charge < -0.3 is 14.4 Å². The average molecular weight is 326 g/mol. The summed E-state index contributed by atoms with van der Waals surface area (Å²) in [6, 6.07) is 8.50. The number of halogens is 1. The van der Waals surface area contributed by atoms with Gasteiger partial charge in [0.25, 0.3) is 0 Å². The predicted molar refractivity (Wildman–Crippen MR) is 89.3 cm³/mol. The topological polar surface area (TPSA) is 21.7 Å². The molecule has 0 saturated heterocycles. The molecule has 2 aromatic rings. The molecule has 2 heterocycles. The molecule has 5 heteroatoms. The molecule has 3 nitrogen and oxygen atoms in total. The van der Waals surface area contributed by atoms with Gasteiger partial charge in [0, 0.05) is 23.9 Å². The fourth-order valence-corrected chi connectivity index (χ4v) is 3.88. The van der Waals surface area contributed by atoms with E-state index in [9.17, 15) is 0 Å². The minimum absolute atomic E-state index is 0. The van der Waals surface area contributed by atoms with Gasteiger partial charge in [-0.2, -0.15) is 0 Å². The van der Waals surface area contributed by atoms with Gasteiger partial charge in [-0.25, -0.2) is 0 Å². The van der Waals surface area contributed by atoms with Crippen LogP contribution in [0.3, 0.4) is 0 Å². The van der Waals surface area contributed by atoms with Gasteiger partial charge >= 0.3 is 0 Å². The average Bonchev–Trinajstić information content (AvgIpc) is 2.93. The quantitative estimate of drug-likeness (QED) is 0.857. The van der Waals surface area contributed by atoms with Crippen LogP contribution in [-0.4, -0.2) is 32.7 Å². The Morgan fingerprint density at radius 2 is 1.90 bits per heavy atom. The normalized spacial score (nSPS) is 17.8. The molecule has 0 N–H and O–H groups in total. The van der Waals surface area contributed by atoms with Gasteiger partial charge in [0.1, 0.15) is 0 Å². The van der Waals surface area contributed by atoms with Crippen LogP contribution in [-0.2, 0) is 6.54 Å². The van der Waals surface area contributed by atoms with Crippen LogP contribution in [0.2, 0.25) is 0 Å². The number of hydrogen-bond acceptors (Lipinski definition) is 4. The van der Waals surface area contributed by atoms with Crippen LogP contribution in [0.15, 0.2) is 29.6 Å². The van der Waals surface area contributed by atoms with Gasteiger partial charge in [-0.05, 0) is 41.8 Å². The van der Waals surface area contributed by atoms with Gasteiger partial charge in [0.2, 0.25) is 0 Å². The smallest absolute Gasteiger partial charge is 0.161 e. The minimum atomic E-state index is 0. The Balaban J connectivity index is 0.00000161. The van der Waals surface area contributed by atoms with Gasteiger partial charge in [-0.15, -0.1) is 23.7 Å². The largest absolute Gasteiger partial charge is 0.493 e. The van der Waals surface area contributed by atoms with Crippen molar-refractivity contribution in [2.75, 3.05) is 27.8 Å². The molecule has 114 valence electrons. The number of fused-ring (bicyclic) bond motifs is 1. The number of benzene rings is 1. The van der Waals surface area contributed by atoms with E-state index in [4.69, 9.17) is 9.47 Å². The number of thiophene rings is 1. The van der Waals surface area contributed by atoms with Crippen LogP contribution in [0, 0.1) is 0 Å². The predicted octanol–water partition coefficient (Wildman–Crippen LogP) is 3.76. The van der Waals surface area contributed by atoms with Crippen LogP contribution in [0.25, 0.3) is 0 Å². The number of nitrogens with zero attached hydrogens (tertiary/aromatic N) is 1. The Labute approximate surface area is 135 Å². The van der Waals surface area contributed by atoms with Crippen molar-refractivity contribution in [3.8, 4) is 11.5 Å². The first kappa shape index (κ1) is 16.1. The molecule has 0 spiro atoms. The van der Waals surface area contributed by atoms with Crippen molar-refractivity contribution in [3.05, 3.63) is 45.6 Å². The van der Waals surface area contributed by atoms with Crippen LogP contribution in [0.4, 0.5) is 0 Å². The third kappa shape index (κ3) is 3.03. The highest BCUT2D eigenvalue weighted by Crippen LogP contribution is 2.38. The fraction of sp³-hybridized carbons (Fsp3) is 0.375. The van der Waals surface area contributed by atoms with Gasteiger partial charge in [0.05, 0.1) is 14.2 Å². The van der Waals surface area contributed by atoms with Crippen LogP contribution < -0.4 is 9.47 Å². The Kier molecular flexibility index (Phi) is 5.14. The number of ether oxygens (including phenoxy) is 2. The number of likely N-dealkylation sites (N-methyl/N-ethyl adjacent to an activating group) is 1. The summed E-state index contributed by atoms with van der Waals surface area (Å²) in [7, 11) is 5.53. The van der Waals surface area contributed by atoms with Gasteiger partial charge in [0.15, 0.2) is 11.5 Å². The molecule has 21 heavy (non-hydrogen) atoms. The van der Waals surface area contributed by atoms with E-state index in [1.54, 1.807) is 14.2 Å². The first-order chi connectivity index (χ1) is 9.72. The van der Waals surface area contributed by atoms with E-state index >= 15 is 0 Å². The molecule has 1 aliphatic heterocycles. The molecule has 0 fully saturated rings. The lowest BCUT2D eigenvalue weighted by atomic mass is 9.88. The Morgan fingerprint density at radius 3 is 2.62 bits per heavy atom. The van der Waals surface area contributed by atoms with E-state index < -0.39 is 0 Å². The maximum atomic E-state index is 5.43. The standard InChI is InChI=1S/C16H19NO2S.ClH/c1-17-9-13(12-6-7-20-16(12)10-17)11-4-5-14(18-2)15(8-11)19-3;/h4-8,13H,9-10H2,1-3H3;1H. The van der Waals surface area contributed by atoms with Crippen molar-refractivity contribution in [3.63, 3.8) is 0 Å². The first-order valence-electron chi connectivity index (χ1n) is 6.69. The molecule has 1 unspecified atom stereocenters. The second-order valence-corrected chi connectivity index (χ2v) is 6.16. The van der Waals surface area contributed by atoms with E-state index in [0.29, 0.717) is 5.92 Å².